The summed E-state index contributed by atoms with van der Waals surface area (Å²) in [6.07, 6.45) is -0.958. The van der Waals surface area contributed by atoms with Gasteiger partial charge in [-0.3, -0.25) is 0 Å². The van der Waals surface area contributed by atoms with Crippen LogP contribution in [0, 0.1) is 5.82 Å². The van der Waals surface area contributed by atoms with Crippen LogP contribution in [0.2, 0.25) is 0 Å². The first kappa shape index (κ1) is 14.5. The van der Waals surface area contributed by atoms with E-state index in [0.717, 1.165) is 5.56 Å². The fourth-order valence-electron chi connectivity index (χ4n) is 2.31. The molecule has 0 heterocycles. The van der Waals surface area contributed by atoms with E-state index < -0.39 is 17.3 Å². The molecule has 0 aliphatic rings. The molecule has 0 saturated heterocycles. The monoisotopic (exact) mass is 274 g/mol. The second-order valence-electron chi connectivity index (χ2n) is 5.35. The maximum Gasteiger partial charge on any atom is 0.170 e. The number of methoxy groups -OCH3 is 1. The van der Waals surface area contributed by atoms with Gasteiger partial charge in [0.05, 0.1) is 13.2 Å². The highest BCUT2D eigenvalue weighted by Gasteiger charge is 2.33. The lowest BCUT2D eigenvalue weighted by Gasteiger charge is -2.31. The fourth-order valence-corrected chi connectivity index (χ4v) is 2.31. The Balaban J connectivity index is 2.43. The molecule has 1 unspecified atom stereocenters. The maximum atomic E-state index is 14.3. The number of aliphatic hydroxyl groups excluding tert-OH is 1. The molecule has 106 valence electrons. The third-order valence-electron chi connectivity index (χ3n) is 3.71. The van der Waals surface area contributed by atoms with Crippen LogP contribution in [0.15, 0.2) is 48.5 Å². The van der Waals surface area contributed by atoms with Crippen molar-refractivity contribution < 1.29 is 14.2 Å². The average molecular weight is 274 g/mol. The van der Waals surface area contributed by atoms with Gasteiger partial charge in [0.2, 0.25) is 0 Å². The van der Waals surface area contributed by atoms with Gasteiger partial charge >= 0.3 is 0 Å². The molecular formula is C17H19FO2. The molecule has 0 radical (unpaired) electrons. The second-order valence-corrected chi connectivity index (χ2v) is 5.35. The Morgan fingerprint density at radius 2 is 1.70 bits per heavy atom. The molecule has 1 atom stereocenters. The maximum absolute atomic E-state index is 14.3. The SMILES string of the molecule is COc1cccc(C(O)C(C)(C)c2ccccc2)c1F. The van der Waals surface area contributed by atoms with Gasteiger partial charge in [-0.05, 0) is 11.6 Å². The van der Waals surface area contributed by atoms with E-state index in [1.807, 2.05) is 44.2 Å². The first-order valence-corrected chi connectivity index (χ1v) is 6.54. The van der Waals surface area contributed by atoms with Crippen LogP contribution in [0.4, 0.5) is 4.39 Å². The summed E-state index contributed by atoms with van der Waals surface area (Å²) < 4.78 is 19.3. The molecule has 0 aliphatic heterocycles. The van der Waals surface area contributed by atoms with Gasteiger partial charge in [0.15, 0.2) is 11.6 Å². The van der Waals surface area contributed by atoms with Gasteiger partial charge in [0.25, 0.3) is 0 Å². The van der Waals surface area contributed by atoms with Crippen LogP contribution in [0.1, 0.15) is 31.1 Å². The number of hydrogen-bond donors (Lipinski definition) is 1. The van der Waals surface area contributed by atoms with E-state index in [0.29, 0.717) is 0 Å². The van der Waals surface area contributed by atoms with Crippen LogP contribution < -0.4 is 4.74 Å². The van der Waals surface area contributed by atoms with Crippen molar-refractivity contribution in [3.05, 3.63) is 65.5 Å². The van der Waals surface area contributed by atoms with Crippen molar-refractivity contribution in [3.8, 4) is 5.75 Å². The third kappa shape index (κ3) is 2.54. The van der Waals surface area contributed by atoms with Gasteiger partial charge in [0, 0.05) is 11.0 Å². The zero-order chi connectivity index (χ0) is 14.8. The molecule has 2 rings (SSSR count). The van der Waals surface area contributed by atoms with Gasteiger partial charge in [-0.2, -0.15) is 0 Å². The Labute approximate surface area is 118 Å². The minimum atomic E-state index is -0.958. The Morgan fingerprint density at radius 3 is 2.30 bits per heavy atom. The Kier molecular flexibility index (Phi) is 4.09. The van der Waals surface area contributed by atoms with Gasteiger partial charge in [-0.15, -0.1) is 0 Å². The van der Waals surface area contributed by atoms with Crippen molar-refractivity contribution in [1.82, 2.24) is 0 Å². The van der Waals surface area contributed by atoms with Crippen LogP contribution in [-0.4, -0.2) is 12.2 Å². The molecule has 0 fully saturated rings. The lowest BCUT2D eigenvalue weighted by Crippen LogP contribution is -2.27. The Hall–Kier alpha value is -1.87. The number of halogens is 1. The first-order valence-electron chi connectivity index (χ1n) is 6.54. The lowest BCUT2D eigenvalue weighted by molar-refractivity contribution is 0.0960. The summed E-state index contributed by atoms with van der Waals surface area (Å²) in [5.41, 5.74) is 0.599. The number of rotatable bonds is 4. The first-order chi connectivity index (χ1) is 9.48. The van der Waals surface area contributed by atoms with E-state index in [9.17, 15) is 9.50 Å². The summed E-state index contributed by atoms with van der Waals surface area (Å²) in [5, 5.41) is 10.6. The molecule has 0 spiro atoms. The van der Waals surface area contributed by atoms with Gasteiger partial charge in [-0.1, -0.05) is 56.3 Å². The minimum absolute atomic E-state index is 0.144. The number of aliphatic hydroxyl groups is 1. The van der Waals surface area contributed by atoms with E-state index in [1.54, 1.807) is 18.2 Å². The van der Waals surface area contributed by atoms with Crippen molar-refractivity contribution in [2.24, 2.45) is 0 Å². The smallest absolute Gasteiger partial charge is 0.170 e. The van der Waals surface area contributed by atoms with Gasteiger partial charge < -0.3 is 9.84 Å². The third-order valence-corrected chi connectivity index (χ3v) is 3.71. The molecule has 20 heavy (non-hydrogen) atoms. The van der Waals surface area contributed by atoms with Crippen LogP contribution in [0.3, 0.4) is 0 Å². The molecule has 1 N–H and O–H groups in total. The second kappa shape index (κ2) is 5.63. The van der Waals surface area contributed by atoms with Crippen molar-refractivity contribution in [3.63, 3.8) is 0 Å². The fraction of sp³-hybridized carbons (Fsp3) is 0.294. The van der Waals surface area contributed by atoms with Crippen molar-refractivity contribution in [2.75, 3.05) is 7.11 Å². The molecule has 2 nitrogen and oxygen atoms in total. The Bertz CT molecular complexity index is 579. The van der Waals surface area contributed by atoms with E-state index in [1.165, 1.54) is 7.11 Å². The minimum Gasteiger partial charge on any atom is -0.494 e. The zero-order valence-corrected chi connectivity index (χ0v) is 11.9. The highest BCUT2D eigenvalue weighted by molar-refractivity contribution is 5.36. The van der Waals surface area contributed by atoms with Crippen LogP contribution >= 0.6 is 0 Å². The topological polar surface area (TPSA) is 29.5 Å². The van der Waals surface area contributed by atoms with Crippen molar-refractivity contribution in [1.29, 1.82) is 0 Å². The zero-order valence-electron chi connectivity index (χ0n) is 11.9. The van der Waals surface area contributed by atoms with Crippen LogP contribution in [-0.2, 0) is 5.41 Å². The summed E-state index contributed by atoms with van der Waals surface area (Å²) in [4.78, 5) is 0. The van der Waals surface area contributed by atoms with E-state index in [4.69, 9.17) is 4.74 Å². The molecule has 0 aliphatic carbocycles. The van der Waals surface area contributed by atoms with Crippen LogP contribution in [0.25, 0.3) is 0 Å². The van der Waals surface area contributed by atoms with Crippen molar-refractivity contribution >= 4 is 0 Å². The quantitative estimate of drug-likeness (QED) is 0.917. The summed E-state index contributed by atoms with van der Waals surface area (Å²) in [6.45, 7) is 3.79. The standard InChI is InChI=1S/C17H19FO2/c1-17(2,12-8-5-4-6-9-12)16(19)13-10-7-11-14(20-3)15(13)18/h4-11,16,19H,1-3H3. The van der Waals surface area contributed by atoms with E-state index in [2.05, 4.69) is 0 Å². The predicted octanol–water partition coefficient (Wildman–Crippen LogP) is 3.85. The molecule has 0 saturated carbocycles. The molecule has 0 aromatic heterocycles. The normalized spacial score (nSPS) is 13.1. The summed E-state index contributed by atoms with van der Waals surface area (Å²) >= 11 is 0. The molecule has 3 heteroatoms. The highest BCUT2D eigenvalue weighted by Crippen LogP contribution is 2.39. The molecule has 0 bridgehead atoms. The summed E-state index contributed by atoms with van der Waals surface area (Å²) in [7, 11) is 1.41. The van der Waals surface area contributed by atoms with E-state index >= 15 is 0 Å². The number of hydrogen-bond acceptors (Lipinski definition) is 2. The molecule has 0 amide bonds. The number of benzene rings is 2. The van der Waals surface area contributed by atoms with Crippen LogP contribution in [0.5, 0.6) is 5.75 Å². The van der Waals surface area contributed by atoms with E-state index in [-0.39, 0.29) is 11.3 Å². The molecule has 2 aromatic carbocycles. The Morgan fingerprint density at radius 1 is 1.05 bits per heavy atom. The largest absolute Gasteiger partial charge is 0.494 e. The lowest BCUT2D eigenvalue weighted by atomic mass is 9.76. The predicted molar refractivity (Wildman–Crippen MR) is 77.4 cm³/mol. The highest BCUT2D eigenvalue weighted by atomic mass is 19.1. The van der Waals surface area contributed by atoms with Crippen molar-refractivity contribution in [2.45, 2.75) is 25.4 Å². The summed E-state index contributed by atoms with van der Waals surface area (Å²) in [6, 6.07) is 14.4. The molecule has 2 aromatic rings. The average Bonchev–Trinajstić information content (AvgIpc) is 2.47. The van der Waals surface area contributed by atoms with Gasteiger partial charge in [-0.25, -0.2) is 4.39 Å². The van der Waals surface area contributed by atoms with Gasteiger partial charge in [0.1, 0.15) is 0 Å². The summed E-state index contributed by atoms with van der Waals surface area (Å²) in [5.74, 6) is -0.364. The number of ether oxygens (including phenoxy) is 1. The molecular weight excluding hydrogens is 255 g/mol.